The van der Waals surface area contributed by atoms with Crippen molar-refractivity contribution < 1.29 is 14.2 Å². The largest absolute Gasteiger partial charge is 0.376 e. The first-order chi connectivity index (χ1) is 18.8. The minimum atomic E-state index is -0.0760. The third-order valence-electron chi connectivity index (χ3n) is 6.49. The maximum Gasteiger partial charge on any atom is 0.106 e. The zero-order valence-corrected chi connectivity index (χ0v) is 23.1. The van der Waals surface area contributed by atoms with E-state index in [0.29, 0.717) is 26.4 Å². The van der Waals surface area contributed by atoms with Crippen LogP contribution in [0.1, 0.15) is 22.3 Å². The standard InChI is InChI=1S/C33H34O3S2/c1-5-13-26(14-6-1)21-34-24-30-31(35-22-27-15-7-2-8-16-27)32(36-23-28-17-9-3-10-18-28)33(38-30)37-25-29-19-11-4-12-20-29/h1-20,30-33H,21-25H2/t30-,31+,32-,33?/m0/s1. The lowest BCUT2D eigenvalue weighted by atomic mass is 10.1. The van der Waals surface area contributed by atoms with Crippen molar-refractivity contribution in [3.8, 4) is 0 Å². The van der Waals surface area contributed by atoms with Crippen LogP contribution in [0.4, 0.5) is 0 Å². The van der Waals surface area contributed by atoms with Gasteiger partial charge in [0.25, 0.3) is 0 Å². The Balaban J connectivity index is 1.31. The average Bonchev–Trinajstić information content (AvgIpc) is 3.32. The van der Waals surface area contributed by atoms with E-state index in [2.05, 4.69) is 103 Å². The summed E-state index contributed by atoms with van der Waals surface area (Å²) in [6, 6.07) is 41.8. The van der Waals surface area contributed by atoms with Gasteiger partial charge in [0.1, 0.15) is 12.2 Å². The number of ether oxygens (including phenoxy) is 3. The van der Waals surface area contributed by atoms with E-state index < -0.39 is 0 Å². The van der Waals surface area contributed by atoms with Crippen LogP contribution in [0.2, 0.25) is 0 Å². The smallest absolute Gasteiger partial charge is 0.106 e. The van der Waals surface area contributed by atoms with Crippen molar-refractivity contribution in [2.45, 2.75) is 47.6 Å². The van der Waals surface area contributed by atoms with Gasteiger partial charge in [0, 0.05) is 5.75 Å². The predicted octanol–water partition coefficient (Wildman–Crippen LogP) is 7.75. The summed E-state index contributed by atoms with van der Waals surface area (Å²) < 4.78 is 19.8. The lowest BCUT2D eigenvalue weighted by molar-refractivity contribution is -0.0793. The van der Waals surface area contributed by atoms with Crippen molar-refractivity contribution in [1.29, 1.82) is 0 Å². The Morgan fingerprint density at radius 2 is 0.974 bits per heavy atom. The average molecular weight is 543 g/mol. The van der Waals surface area contributed by atoms with Crippen LogP contribution in [0.15, 0.2) is 121 Å². The Bertz CT molecular complexity index is 1190. The summed E-state index contributed by atoms with van der Waals surface area (Å²) in [5, 5.41) is 0.177. The zero-order chi connectivity index (χ0) is 25.8. The second-order valence-electron chi connectivity index (χ2n) is 9.36. The number of benzene rings is 4. The third kappa shape index (κ3) is 7.98. The van der Waals surface area contributed by atoms with Crippen molar-refractivity contribution in [2.24, 2.45) is 0 Å². The number of rotatable bonds is 13. The normalized spacial score (nSPS) is 20.9. The third-order valence-corrected chi connectivity index (χ3v) is 9.62. The maximum atomic E-state index is 6.66. The Hall–Kier alpha value is -2.54. The van der Waals surface area contributed by atoms with Gasteiger partial charge in [0.2, 0.25) is 0 Å². The molecule has 4 aromatic rings. The molecule has 1 aliphatic heterocycles. The summed E-state index contributed by atoms with van der Waals surface area (Å²) in [6.07, 6.45) is -0.129. The monoisotopic (exact) mass is 542 g/mol. The molecule has 1 fully saturated rings. The molecule has 1 heterocycles. The van der Waals surface area contributed by atoms with Crippen LogP contribution in [0.3, 0.4) is 0 Å². The summed E-state index contributed by atoms with van der Waals surface area (Å²) in [5.74, 6) is 0.937. The van der Waals surface area contributed by atoms with Gasteiger partial charge < -0.3 is 14.2 Å². The highest BCUT2D eigenvalue weighted by molar-refractivity contribution is 8.17. The Kier molecular flexibility index (Phi) is 10.4. The lowest BCUT2D eigenvalue weighted by Crippen LogP contribution is -2.38. The number of hydrogen-bond donors (Lipinski definition) is 0. The fourth-order valence-corrected chi connectivity index (χ4v) is 7.71. The van der Waals surface area contributed by atoms with Gasteiger partial charge in [-0.15, -0.1) is 23.5 Å². The fourth-order valence-electron chi connectivity index (χ4n) is 4.49. The van der Waals surface area contributed by atoms with E-state index in [1.807, 2.05) is 41.7 Å². The lowest BCUT2D eigenvalue weighted by Gasteiger charge is -2.26. The minimum absolute atomic E-state index is 0.0528. The van der Waals surface area contributed by atoms with Crippen LogP contribution in [0.5, 0.6) is 0 Å². The van der Waals surface area contributed by atoms with Gasteiger partial charge in [-0.2, -0.15) is 0 Å². The molecule has 1 aliphatic rings. The van der Waals surface area contributed by atoms with Crippen LogP contribution < -0.4 is 0 Å². The molecule has 3 nitrogen and oxygen atoms in total. The molecule has 0 amide bonds. The van der Waals surface area contributed by atoms with Gasteiger partial charge in [0.05, 0.1) is 36.3 Å². The molecule has 0 aliphatic carbocycles. The number of thioether (sulfide) groups is 2. The van der Waals surface area contributed by atoms with E-state index in [9.17, 15) is 0 Å². The maximum absolute atomic E-state index is 6.66. The molecular weight excluding hydrogens is 508 g/mol. The molecule has 0 N–H and O–H groups in total. The summed E-state index contributed by atoms with van der Waals surface area (Å²) in [7, 11) is 0. The molecule has 0 radical (unpaired) electrons. The van der Waals surface area contributed by atoms with E-state index in [0.717, 1.165) is 5.75 Å². The molecule has 4 atom stereocenters. The van der Waals surface area contributed by atoms with E-state index in [1.165, 1.54) is 22.3 Å². The summed E-state index contributed by atoms with van der Waals surface area (Å²) in [4.78, 5) is 0. The summed E-state index contributed by atoms with van der Waals surface area (Å²) in [5.41, 5.74) is 4.85. The molecule has 4 aromatic carbocycles. The molecule has 38 heavy (non-hydrogen) atoms. The molecule has 1 unspecified atom stereocenters. The summed E-state index contributed by atoms with van der Waals surface area (Å²) in [6.45, 7) is 2.34. The molecule has 196 valence electrons. The van der Waals surface area contributed by atoms with Crippen LogP contribution in [0, 0.1) is 0 Å². The van der Waals surface area contributed by atoms with Gasteiger partial charge in [-0.25, -0.2) is 0 Å². The van der Waals surface area contributed by atoms with Crippen molar-refractivity contribution in [3.05, 3.63) is 144 Å². The van der Waals surface area contributed by atoms with Crippen LogP contribution >= 0.6 is 23.5 Å². The molecule has 0 bridgehead atoms. The van der Waals surface area contributed by atoms with Crippen molar-refractivity contribution in [3.63, 3.8) is 0 Å². The van der Waals surface area contributed by atoms with Gasteiger partial charge in [-0.05, 0) is 22.3 Å². The quantitative estimate of drug-likeness (QED) is 0.172. The van der Waals surface area contributed by atoms with Crippen LogP contribution in [0.25, 0.3) is 0 Å². The Morgan fingerprint density at radius 1 is 0.526 bits per heavy atom. The second kappa shape index (κ2) is 14.6. The predicted molar refractivity (Wildman–Crippen MR) is 159 cm³/mol. The van der Waals surface area contributed by atoms with E-state index in [1.54, 1.807) is 0 Å². The first-order valence-corrected chi connectivity index (χ1v) is 15.1. The Labute approximate surface area is 234 Å². The van der Waals surface area contributed by atoms with Gasteiger partial charge in [0.15, 0.2) is 0 Å². The van der Waals surface area contributed by atoms with E-state index in [-0.39, 0.29) is 22.0 Å². The molecule has 0 aromatic heterocycles. The molecule has 0 spiro atoms. The molecule has 0 saturated carbocycles. The molecule has 5 rings (SSSR count). The molecular formula is C33H34O3S2. The Morgan fingerprint density at radius 3 is 1.50 bits per heavy atom. The fraction of sp³-hybridized carbons (Fsp3) is 0.273. The minimum Gasteiger partial charge on any atom is -0.376 e. The topological polar surface area (TPSA) is 27.7 Å². The van der Waals surface area contributed by atoms with Crippen LogP contribution in [-0.4, -0.2) is 28.6 Å². The first kappa shape index (κ1) is 27.0. The van der Waals surface area contributed by atoms with Gasteiger partial charge in [-0.1, -0.05) is 121 Å². The molecule has 1 saturated heterocycles. The molecule has 5 heteroatoms. The summed E-state index contributed by atoms with van der Waals surface area (Å²) >= 11 is 3.88. The number of hydrogen-bond acceptors (Lipinski definition) is 5. The van der Waals surface area contributed by atoms with Crippen LogP contribution in [-0.2, 0) is 39.8 Å². The SMILES string of the molecule is c1ccc(COC[C@@H]2SC(SCc3ccccc3)[C@@H](OCc3ccccc3)[C@@H]2OCc2ccccc2)cc1. The highest BCUT2D eigenvalue weighted by atomic mass is 32.2. The highest BCUT2D eigenvalue weighted by Crippen LogP contribution is 2.45. The zero-order valence-electron chi connectivity index (χ0n) is 21.4. The van der Waals surface area contributed by atoms with Crippen molar-refractivity contribution in [2.75, 3.05) is 6.61 Å². The van der Waals surface area contributed by atoms with Gasteiger partial charge in [-0.3, -0.25) is 0 Å². The second-order valence-corrected chi connectivity index (χ2v) is 12.2. The van der Waals surface area contributed by atoms with E-state index in [4.69, 9.17) is 14.2 Å². The first-order valence-electron chi connectivity index (χ1n) is 13.1. The van der Waals surface area contributed by atoms with E-state index >= 15 is 0 Å². The van der Waals surface area contributed by atoms with Gasteiger partial charge >= 0.3 is 0 Å². The highest BCUT2D eigenvalue weighted by Gasteiger charge is 2.46. The van der Waals surface area contributed by atoms with Crippen molar-refractivity contribution in [1.82, 2.24) is 0 Å². The van der Waals surface area contributed by atoms with Crippen molar-refractivity contribution >= 4 is 23.5 Å².